The van der Waals surface area contributed by atoms with Gasteiger partial charge in [0.25, 0.3) is 5.91 Å². The predicted octanol–water partition coefficient (Wildman–Crippen LogP) is -5.45. The first kappa shape index (κ1) is 53.0. The smallest absolute Gasteiger partial charge is 0.481 e. The third-order valence-corrected chi connectivity index (χ3v) is 9.24. The van der Waals surface area contributed by atoms with E-state index in [0.717, 1.165) is 0 Å². The van der Waals surface area contributed by atoms with Gasteiger partial charge >= 0.3 is 18.1 Å². The van der Waals surface area contributed by atoms with Crippen molar-refractivity contribution < 1.29 is 81.8 Å². The van der Waals surface area contributed by atoms with Crippen LogP contribution in [0.3, 0.4) is 0 Å². The molecule has 2 heterocycles. The second-order valence-electron chi connectivity index (χ2n) is 14.2. The number of rotatable bonds is 15. The minimum atomic E-state index is -5.08. The van der Waals surface area contributed by atoms with Crippen molar-refractivity contribution in [3.63, 3.8) is 0 Å². The maximum absolute atomic E-state index is 13.9. The quantitative estimate of drug-likeness (QED) is 0.0444. The van der Waals surface area contributed by atoms with E-state index in [1.165, 1.54) is 0 Å². The monoisotopic (exact) mass is 906 g/mol. The zero-order chi connectivity index (χ0) is 47.4. The van der Waals surface area contributed by atoms with Crippen molar-refractivity contribution in [2.45, 2.75) is 106 Å². The number of nitrogens with one attached hydrogen (secondary N) is 6. The number of benzene rings is 1. The van der Waals surface area contributed by atoms with Crippen LogP contribution in [-0.2, 0) is 49.5 Å². The van der Waals surface area contributed by atoms with E-state index in [0.29, 0.717) is 5.56 Å². The van der Waals surface area contributed by atoms with E-state index >= 15 is 0 Å². The number of aliphatic imine (C=N–C) groups is 1. The van der Waals surface area contributed by atoms with E-state index in [4.69, 9.17) is 31.8 Å². The Labute approximate surface area is 356 Å². The molecule has 24 nitrogen and oxygen atoms in total. The van der Waals surface area contributed by atoms with E-state index in [1.807, 2.05) is 0 Å². The molecule has 17 N–H and O–H groups in total. The summed E-state index contributed by atoms with van der Waals surface area (Å²) in [5, 5.41) is 61.9. The first-order valence-electron chi connectivity index (χ1n) is 19.3. The number of ether oxygens (including phenoxy) is 1. The lowest BCUT2D eigenvalue weighted by Crippen LogP contribution is -2.62. The van der Waals surface area contributed by atoms with Gasteiger partial charge in [-0.15, -0.1) is 0 Å². The number of halogens is 3. The van der Waals surface area contributed by atoms with Gasteiger partial charge in [0, 0.05) is 26.1 Å². The number of aliphatic hydroxyl groups is 3. The number of carboxylic acid groups (broad SMARTS) is 2. The molecule has 0 saturated carbocycles. The SMILES string of the molecule is NC[C@@H]1O[C@H](C(=O)NCCCC[C@@H]2NC(=O)[C@@H](Cc3ccccc3)NC(=O)[C@H](CC(=O)O)NC(=O)CNC(=O)[C@H](CCCN=C(N)N)NC2=O)[C@H](O)[C@H](O)[C@H]1O.O=C(O)C(F)(F)F. The zero-order valence-corrected chi connectivity index (χ0v) is 33.6. The molecular weight excluding hydrogens is 853 g/mol. The molecule has 0 aliphatic carbocycles. The maximum Gasteiger partial charge on any atom is 0.490 e. The number of aliphatic hydroxyl groups excluding tert-OH is 3. The van der Waals surface area contributed by atoms with Gasteiger partial charge in [0.15, 0.2) is 12.1 Å². The fourth-order valence-corrected chi connectivity index (χ4v) is 5.98. The van der Waals surface area contributed by atoms with Crippen LogP contribution < -0.4 is 49.1 Å². The molecule has 0 radical (unpaired) electrons. The van der Waals surface area contributed by atoms with Gasteiger partial charge in [-0.25, -0.2) is 4.79 Å². The first-order valence-corrected chi connectivity index (χ1v) is 19.3. The van der Waals surface area contributed by atoms with Crippen molar-refractivity contribution in [3.05, 3.63) is 35.9 Å². The van der Waals surface area contributed by atoms with Crippen molar-refractivity contribution in [1.29, 1.82) is 0 Å². The summed E-state index contributed by atoms with van der Waals surface area (Å²) in [5.74, 6) is -9.51. The van der Waals surface area contributed by atoms with Crippen LogP contribution in [0, 0.1) is 0 Å². The van der Waals surface area contributed by atoms with Gasteiger partial charge in [-0.1, -0.05) is 30.3 Å². The number of hydrogen-bond acceptors (Lipinski definition) is 14. The van der Waals surface area contributed by atoms with E-state index in [9.17, 15) is 67.2 Å². The number of nitrogens with two attached hydrogens (primary N) is 3. The van der Waals surface area contributed by atoms with Gasteiger partial charge in [0.05, 0.1) is 19.1 Å². The standard InChI is InChI=1S/C34H52N10O12.C2HF3O2/c35-15-22-25(48)26(49)27(50)28(56-22)33(55)38-11-5-4-9-19-30(52)42-18(10-6-12-39-34(36)37)29(51)40-16-23(45)41-21(14-24(46)47)32(54)44-20(31(53)43-19)13-17-7-2-1-3-8-17;3-2(4,5)1(6)7/h1-3,7-8,18-22,25-28,48-50H,4-6,9-16,35H2,(H,38,55)(H,40,51)(H,41,45)(H,42,52)(H,43,53)(H,44,54)(H,46,47)(H4,36,37,39);(H,6,7)/t18-,19-,20+,21-,22-,25-,26+,27+,28-;/m0./s1. The van der Waals surface area contributed by atoms with Crippen molar-refractivity contribution >= 4 is 53.3 Å². The molecule has 0 unspecified atom stereocenters. The molecule has 6 amide bonds. The van der Waals surface area contributed by atoms with E-state index in [-0.39, 0.29) is 64.1 Å². The largest absolute Gasteiger partial charge is 0.490 e. The normalized spacial score (nSPS) is 26.0. The Bertz CT molecular complexity index is 1770. The molecule has 0 bridgehead atoms. The van der Waals surface area contributed by atoms with Gasteiger partial charge in [-0.3, -0.25) is 38.6 Å². The summed E-state index contributed by atoms with van der Waals surface area (Å²) >= 11 is 0. The Kier molecular flexibility index (Phi) is 21.6. The predicted molar refractivity (Wildman–Crippen MR) is 209 cm³/mol. The van der Waals surface area contributed by atoms with Crippen LogP contribution in [0.15, 0.2) is 35.3 Å². The average molecular weight is 907 g/mol. The number of carboxylic acids is 2. The summed E-state index contributed by atoms with van der Waals surface area (Å²) in [7, 11) is 0. The summed E-state index contributed by atoms with van der Waals surface area (Å²) in [6.07, 6.45) is -13.0. The van der Waals surface area contributed by atoms with Gasteiger partial charge in [0.2, 0.25) is 29.5 Å². The number of unbranched alkanes of at least 4 members (excludes halogenated alkanes) is 1. The second kappa shape index (κ2) is 25.7. The third kappa shape index (κ3) is 18.4. The van der Waals surface area contributed by atoms with E-state index in [1.54, 1.807) is 30.3 Å². The van der Waals surface area contributed by atoms with E-state index in [2.05, 4.69) is 36.9 Å². The summed E-state index contributed by atoms with van der Waals surface area (Å²) in [6.45, 7) is -0.822. The lowest BCUT2D eigenvalue weighted by Gasteiger charge is -2.39. The van der Waals surface area contributed by atoms with Crippen LogP contribution in [0.25, 0.3) is 0 Å². The molecule has 27 heteroatoms. The topological polar surface area (TPSA) is 410 Å². The third-order valence-electron chi connectivity index (χ3n) is 9.24. The van der Waals surface area contributed by atoms with Crippen molar-refractivity contribution in [2.75, 3.05) is 26.2 Å². The number of guanidine groups is 1. The molecule has 0 aromatic heterocycles. The fourth-order valence-electron chi connectivity index (χ4n) is 5.98. The second-order valence-corrected chi connectivity index (χ2v) is 14.2. The number of hydrogen-bond donors (Lipinski definition) is 14. The highest BCUT2D eigenvalue weighted by atomic mass is 19.4. The maximum atomic E-state index is 13.9. The van der Waals surface area contributed by atoms with Crippen LogP contribution in [-0.4, -0.2) is 166 Å². The molecule has 3 rings (SSSR count). The molecule has 2 saturated heterocycles. The molecule has 1 aromatic carbocycles. The molecule has 2 aliphatic rings. The Morgan fingerprint density at radius 1 is 0.778 bits per heavy atom. The lowest BCUT2D eigenvalue weighted by atomic mass is 9.94. The summed E-state index contributed by atoms with van der Waals surface area (Å²) in [6, 6.07) is 2.94. The van der Waals surface area contributed by atoms with Gasteiger partial charge in [-0.05, 0) is 37.7 Å². The molecule has 1 aromatic rings. The van der Waals surface area contributed by atoms with Gasteiger partial charge in [0.1, 0.15) is 42.5 Å². The minimum Gasteiger partial charge on any atom is -0.481 e. The highest BCUT2D eigenvalue weighted by Gasteiger charge is 2.46. The van der Waals surface area contributed by atoms with Crippen molar-refractivity contribution in [1.82, 2.24) is 31.9 Å². The summed E-state index contributed by atoms with van der Waals surface area (Å²) in [5.41, 5.74) is 16.9. The van der Waals surface area contributed by atoms with Crippen molar-refractivity contribution in [2.24, 2.45) is 22.2 Å². The van der Waals surface area contributed by atoms with Gasteiger partial charge in [-0.2, -0.15) is 13.2 Å². The first-order chi connectivity index (χ1) is 29.5. The number of carbonyl (C=O) groups is 8. The van der Waals surface area contributed by atoms with Crippen molar-refractivity contribution in [3.8, 4) is 0 Å². The number of nitrogens with zero attached hydrogens (tertiary/aromatic N) is 1. The van der Waals surface area contributed by atoms with Crippen LogP contribution in [0.4, 0.5) is 13.2 Å². The molecular formula is C36H53F3N10O14. The molecule has 2 aliphatic heterocycles. The van der Waals surface area contributed by atoms with Gasteiger partial charge < -0.3 is 79.4 Å². The van der Waals surface area contributed by atoms with Crippen LogP contribution in [0.5, 0.6) is 0 Å². The van der Waals surface area contributed by atoms with Crippen LogP contribution in [0.1, 0.15) is 44.1 Å². The molecule has 352 valence electrons. The Hall–Kier alpha value is -6.16. The summed E-state index contributed by atoms with van der Waals surface area (Å²) in [4.78, 5) is 104. The molecule has 2 fully saturated rings. The highest BCUT2D eigenvalue weighted by molar-refractivity contribution is 5.98. The summed E-state index contributed by atoms with van der Waals surface area (Å²) < 4.78 is 37.1. The number of aliphatic carboxylic acids is 2. The number of alkyl halides is 3. The Morgan fingerprint density at radius 3 is 1.90 bits per heavy atom. The van der Waals surface area contributed by atoms with Crippen LogP contribution in [0.2, 0.25) is 0 Å². The molecule has 63 heavy (non-hydrogen) atoms. The molecule has 9 atom stereocenters. The molecule has 0 spiro atoms. The lowest BCUT2D eigenvalue weighted by molar-refractivity contribution is -0.218. The zero-order valence-electron chi connectivity index (χ0n) is 33.6. The van der Waals surface area contributed by atoms with Crippen LogP contribution >= 0.6 is 0 Å². The number of amides is 6. The average Bonchev–Trinajstić information content (AvgIpc) is 3.21. The Balaban J connectivity index is 0.00000179. The van der Waals surface area contributed by atoms with E-state index < -0.39 is 121 Å². The number of carbonyl (C=O) groups excluding carboxylic acids is 6. The fraction of sp³-hybridized carbons (Fsp3) is 0.583. The Morgan fingerprint density at radius 2 is 1.33 bits per heavy atom. The minimum absolute atomic E-state index is 0.00581. The highest BCUT2D eigenvalue weighted by Crippen LogP contribution is 2.21.